The van der Waals surface area contributed by atoms with Crippen LogP contribution >= 0.6 is 0 Å². The van der Waals surface area contributed by atoms with Crippen LogP contribution in [0.3, 0.4) is 0 Å². The number of benzene rings is 3. The minimum atomic E-state index is -1.00. The third kappa shape index (κ3) is 15.9. The van der Waals surface area contributed by atoms with Crippen LogP contribution in [0.4, 0.5) is 15.3 Å². The molecule has 0 spiro atoms. The Kier molecular flexibility index (Phi) is 15.6. The van der Waals surface area contributed by atoms with E-state index in [0.717, 1.165) is 28.9 Å². The molecule has 0 bridgehead atoms. The zero-order valence-corrected chi connectivity index (χ0v) is 38.6. The fraction of sp³-hybridized carbons (Fsp3) is 0.479. The normalized spacial score (nSPS) is 14.4. The lowest BCUT2D eigenvalue weighted by molar-refractivity contribution is -0.159. The average molecular weight is 871 g/mol. The van der Waals surface area contributed by atoms with Gasteiger partial charge in [0.2, 0.25) is 11.9 Å². The van der Waals surface area contributed by atoms with Gasteiger partial charge in [-0.25, -0.2) is 24.1 Å². The van der Waals surface area contributed by atoms with E-state index in [0.29, 0.717) is 23.3 Å². The summed E-state index contributed by atoms with van der Waals surface area (Å²) in [6.45, 7) is 20.4. The Balaban J connectivity index is 1.51. The number of fused-ring (bicyclic) bond motifs is 1. The second kappa shape index (κ2) is 19.9. The van der Waals surface area contributed by atoms with E-state index in [2.05, 4.69) is 4.99 Å². The van der Waals surface area contributed by atoms with Gasteiger partial charge in [0.25, 0.3) is 0 Å². The molecule has 0 aliphatic heterocycles. The van der Waals surface area contributed by atoms with Crippen LogP contribution in [0.25, 0.3) is 0 Å². The van der Waals surface area contributed by atoms with Crippen LogP contribution in [-0.2, 0) is 41.5 Å². The van der Waals surface area contributed by atoms with E-state index < -0.39 is 58.5 Å². The molecule has 63 heavy (non-hydrogen) atoms. The maximum absolute atomic E-state index is 14.1. The summed E-state index contributed by atoms with van der Waals surface area (Å²) in [6, 6.07) is 17.9. The molecule has 0 unspecified atom stereocenters. The number of anilines is 1. The summed E-state index contributed by atoms with van der Waals surface area (Å²) in [4.78, 5) is 85.1. The maximum Gasteiger partial charge on any atom is 0.437 e. The van der Waals surface area contributed by atoms with E-state index in [1.807, 2.05) is 6.07 Å². The van der Waals surface area contributed by atoms with E-state index in [1.165, 1.54) is 29.2 Å². The van der Waals surface area contributed by atoms with Gasteiger partial charge in [0.15, 0.2) is 0 Å². The summed E-state index contributed by atoms with van der Waals surface area (Å²) < 4.78 is 27.6. The number of hydrogen-bond acceptors (Lipinski definition) is 11. The molecule has 2 N–H and O–H groups in total. The maximum atomic E-state index is 14.1. The highest BCUT2D eigenvalue weighted by Crippen LogP contribution is 2.37. The Morgan fingerprint density at radius 1 is 0.698 bits per heavy atom. The SMILES string of the molecule is CC(C)(C)OC(=O)CN(Cc1cccc(C(=O)OC(C)(C)C)c1)C(=O)C[C@H]1CCCc2cc(OC(=O)c3ccc(N(C(=O)OC(C)(C)C)C(N)=NC(=O)OC(C)(C)C)cc3)ccc21. The van der Waals surface area contributed by atoms with Crippen molar-refractivity contribution in [2.45, 2.75) is 144 Å². The van der Waals surface area contributed by atoms with Gasteiger partial charge in [-0.2, -0.15) is 0 Å². The molecule has 15 nitrogen and oxygen atoms in total. The van der Waals surface area contributed by atoms with Crippen LogP contribution in [0.15, 0.2) is 71.7 Å². The van der Waals surface area contributed by atoms with Crippen LogP contribution in [0.1, 0.15) is 146 Å². The Morgan fingerprint density at radius 3 is 1.92 bits per heavy atom. The van der Waals surface area contributed by atoms with E-state index in [-0.39, 0.29) is 42.6 Å². The minimum absolute atomic E-state index is 0.0657. The van der Waals surface area contributed by atoms with Crippen molar-refractivity contribution in [1.82, 2.24) is 4.90 Å². The number of hydrogen-bond donors (Lipinski definition) is 1. The number of guanidine groups is 1. The van der Waals surface area contributed by atoms with Crippen LogP contribution in [0.5, 0.6) is 5.75 Å². The zero-order valence-electron chi connectivity index (χ0n) is 38.6. The molecule has 1 aliphatic rings. The highest BCUT2D eigenvalue weighted by molar-refractivity contribution is 6.15. The summed E-state index contributed by atoms with van der Waals surface area (Å²) in [5.41, 5.74) is 6.09. The van der Waals surface area contributed by atoms with Crippen molar-refractivity contribution in [3.63, 3.8) is 0 Å². The lowest BCUT2D eigenvalue weighted by atomic mass is 9.80. The highest BCUT2D eigenvalue weighted by atomic mass is 16.6. The van der Waals surface area contributed by atoms with Crippen LogP contribution in [-0.4, -0.2) is 75.8 Å². The molecule has 1 atom stereocenters. The number of rotatable bonds is 10. The Morgan fingerprint density at radius 2 is 1.32 bits per heavy atom. The second-order valence-electron chi connectivity index (χ2n) is 19.4. The third-order valence-electron chi connectivity index (χ3n) is 8.98. The lowest BCUT2D eigenvalue weighted by Crippen LogP contribution is -2.45. The zero-order chi connectivity index (χ0) is 47.1. The van der Waals surface area contributed by atoms with Gasteiger partial charge < -0.3 is 34.3 Å². The number of nitrogens with zero attached hydrogens (tertiary/aromatic N) is 3. The molecule has 0 fully saturated rings. The first-order valence-corrected chi connectivity index (χ1v) is 20.9. The topological polar surface area (TPSA) is 193 Å². The van der Waals surface area contributed by atoms with Crippen molar-refractivity contribution in [3.05, 3.63) is 94.5 Å². The van der Waals surface area contributed by atoms with Crippen molar-refractivity contribution in [1.29, 1.82) is 0 Å². The fourth-order valence-corrected chi connectivity index (χ4v) is 6.60. The number of amides is 3. The number of aliphatic imine (C=N–C) groups is 1. The van der Waals surface area contributed by atoms with Crippen molar-refractivity contribution in [3.8, 4) is 5.75 Å². The first kappa shape index (κ1) is 49.4. The molecule has 0 radical (unpaired) electrons. The first-order chi connectivity index (χ1) is 29.1. The standard InChI is InChI=1S/C48H62N4O11/c1-45(2,3)60-39(54)29-51(28-30-15-13-18-34(25-30)41(56)61-46(4,5)6)38(53)27-33-17-14-16-32-26-36(23-24-37(32)33)59-40(55)31-19-21-35(22-20-31)52(44(58)63-48(10,11)12)42(49)50-43(57)62-47(7,8)9/h13,15,18-26,33H,14,16-17,27-29H2,1-12H3,(H2,49,50,57)/t33-/m1/s1. The van der Waals surface area contributed by atoms with Gasteiger partial charge in [-0.05, 0) is 173 Å². The molecule has 0 saturated carbocycles. The van der Waals surface area contributed by atoms with E-state index in [9.17, 15) is 28.8 Å². The summed E-state index contributed by atoms with van der Waals surface area (Å²) in [6.07, 6.45) is 0.412. The van der Waals surface area contributed by atoms with Gasteiger partial charge in [-0.15, -0.1) is 4.99 Å². The van der Waals surface area contributed by atoms with Crippen LogP contribution in [0.2, 0.25) is 0 Å². The molecule has 4 rings (SSSR count). The number of carbonyl (C=O) groups excluding carboxylic acids is 6. The van der Waals surface area contributed by atoms with Gasteiger partial charge in [-0.3, -0.25) is 9.59 Å². The molecule has 3 aromatic carbocycles. The van der Waals surface area contributed by atoms with Crippen molar-refractivity contribution in [2.75, 3.05) is 11.4 Å². The summed E-state index contributed by atoms with van der Waals surface area (Å²) in [7, 11) is 0. The lowest BCUT2D eigenvalue weighted by Gasteiger charge is -2.29. The molecule has 3 aromatic rings. The number of nitrogens with two attached hydrogens (primary N) is 1. The van der Waals surface area contributed by atoms with E-state index in [4.69, 9.17) is 29.4 Å². The Bertz CT molecular complexity index is 2200. The van der Waals surface area contributed by atoms with Crippen molar-refractivity contribution < 1.29 is 52.5 Å². The molecular formula is C48H62N4O11. The Labute approximate surface area is 370 Å². The number of carbonyl (C=O) groups is 6. The highest BCUT2D eigenvalue weighted by Gasteiger charge is 2.30. The molecule has 3 amide bonds. The van der Waals surface area contributed by atoms with Crippen molar-refractivity contribution >= 4 is 47.6 Å². The van der Waals surface area contributed by atoms with Gasteiger partial charge in [0.05, 0.1) is 16.8 Å². The number of esters is 3. The quantitative estimate of drug-likeness (QED) is 0.0669. The van der Waals surface area contributed by atoms with Crippen LogP contribution < -0.4 is 15.4 Å². The average Bonchev–Trinajstić information content (AvgIpc) is 3.12. The first-order valence-electron chi connectivity index (χ1n) is 20.9. The molecule has 1 aliphatic carbocycles. The summed E-state index contributed by atoms with van der Waals surface area (Å²) >= 11 is 0. The van der Waals surface area contributed by atoms with Crippen LogP contribution in [0, 0.1) is 0 Å². The molecule has 0 aromatic heterocycles. The summed E-state index contributed by atoms with van der Waals surface area (Å²) in [5.74, 6) is -2.35. The van der Waals surface area contributed by atoms with Crippen molar-refractivity contribution in [2.24, 2.45) is 10.7 Å². The predicted octanol–water partition coefficient (Wildman–Crippen LogP) is 9.03. The van der Waals surface area contributed by atoms with Gasteiger partial charge in [0.1, 0.15) is 34.7 Å². The third-order valence-corrected chi connectivity index (χ3v) is 8.98. The minimum Gasteiger partial charge on any atom is -0.459 e. The molecule has 0 heterocycles. The molecule has 15 heteroatoms. The second-order valence-corrected chi connectivity index (χ2v) is 19.4. The monoisotopic (exact) mass is 870 g/mol. The smallest absolute Gasteiger partial charge is 0.437 e. The van der Waals surface area contributed by atoms with Gasteiger partial charge >= 0.3 is 30.1 Å². The largest absolute Gasteiger partial charge is 0.459 e. The summed E-state index contributed by atoms with van der Waals surface area (Å²) in [5, 5.41) is 0. The number of ether oxygens (including phenoxy) is 5. The number of aryl methyl sites for hydroxylation is 1. The molecule has 0 saturated heterocycles. The molecular weight excluding hydrogens is 809 g/mol. The van der Waals surface area contributed by atoms with E-state index >= 15 is 0 Å². The van der Waals surface area contributed by atoms with E-state index in [1.54, 1.807) is 119 Å². The molecule has 340 valence electrons. The Hall–Kier alpha value is -6.25. The van der Waals surface area contributed by atoms with Gasteiger partial charge in [-0.1, -0.05) is 18.2 Å². The predicted molar refractivity (Wildman–Crippen MR) is 238 cm³/mol. The van der Waals surface area contributed by atoms with Gasteiger partial charge in [0, 0.05) is 13.0 Å². The fourth-order valence-electron chi connectivity index (χ4n) is 6.60.